The van der Waals surface area contributed by atoms with Gasteiger partial charge in [0.2, 0.25) is 5.24 Å². The van der Waals surface area contributed by atoms with Crippen molar-refractivity contribution in [2.24, 2.45) is 0 Å². The van der Waals surface area contributed by atoms with Crippen LogP contribution in [0.4, 0.5) is 57.5 Å². The minimum Gasteiger partial charge on any atom is -0.399 e. The van der Waals surface area contributed by atoms with Crippen molar-refractivity contribution in [3.63, 3.8) is 0 Å². The number of piperidine rings is 3. The first-order chi connectivity index (χ1) is 45.7. The van der Waals surface area contributed by atoms with Gasteiger partial charge in [0.05, 0.1) is 18.6 Å². The fraction of sp³-hybridized carbons (Fsp3) is 0.400. The Kier molecular flexibility index (Phi) is 27.4. The maximum Gasteiger partial charge on any atom is 0.244 e. The molecule has 3 fully saturated rings. The van der Waals surface area contributed by atoms with Crippen molar-refractivity contribution in [3.05, 3.63) is 162 Å². The molecule has 0 radical (unpaired) electrons. The average Bonchev–Trinajstić information content (AvgIpc) is 1.59. The zero-order valence-corrected chi connectivity index (χ0v) is 55.7. The van der Waals surface area contributed by atoms with Crippen molar-refractivity contribution in [3.8, 4) is 0 Å². The van der Waals surface area contributed by atoms with Crippen LogP contribution >= 0.6 is 23.2 Å². The monoisotopic (exact) mass is 1320 g/mol. The van der Waals surface area contributed by atoms with Crippen molar-refractivity contribution in [2.75, 3.05) is 76.7 Å². The highest BCUT2D eigenvalue weighted by atomic mass is 35.5. The smallest absolute Gasteiger partial charge is 0.244 e. The quantitative estimate of drug-likeness (QED) is 0.0140. The summed E-state index contributed by atoms with van der Waals surface area (Å²) in [5, 5.41) is 54.6. The molecule has 500 valence electrons. The lowest BCUT2D eigenvalue weighted by atomic mass is 9.99. The van der Waals surface area contributed by atoms with E-state index in [0.717, 1.165) is 175 Å². The number of aliphatic hydroxyl groups excluding tert-OH is 3. The highest BCUT2D eigenvalue weighted by molar-refractivity contribution is 6.66. The molecule has 24 heteroatoms. The molecule has 3 aliphatic heterocycles. The van der Waals surface area contributed by atoms with Crippen LogP contribution in [0.15, 0.2) is 135 Å². The Hall–Kier alpha value is -8.64. The molecular formula is C70H91Cl2N17O5. The first-order valence-corrected chi connectivity index (χ1v) is 33.4. The second-order valence-electron chi connectivity index (χ2n) is 23.3. The number of carbonyl (C=O) groups is 2. The van der Waals surface area contributed by atoms with E-state index in [-0.39, 0.29) is 25.0 Å². The normalized spacial score (nSPS) is 16.1. The Bertz CT molecular complexity index is 3920. The molecule has 94 heavy (non-hydrogen) atoms. The third-order valence-electron chi connectivity index (χ3n) is 16.7. The van der Waals surface area contributed by atoms with Gasteiger partial charge in [0.1, 0.15) is 34.2 Å². The van der Waals surface area contributed by atoms with Crippen LogP contribution in [-0.2, 0) is 35.3 Å². The Labute approximate surface area is 560 Å². The first-order valence-electron chi connectivity index (χ1n) is 32.7. The molecule has 9 heterocycles. The minimum absolute atomic E-state index is 0.00424. The molecule has 0 aliphatic carbocycles. The lowest BCUT2D eigenvalue weighted by molar-refractivity contribution is -0.114. The largest absolute Gasteiger partial charge is 0.399 e. The molecule has 3 atom stereocenters. The van der Waals surface area contributed by atoms with Gasteiger partial charge in [-0.25, -0.2) is 15.0 Å². The fourth-order valence-electron chi connectivity index (χ4n) is 11.8. The van der Waals surface area contributed by atoms with Crippen LogP contribution in [0.5, 0.6) is 0 Å². The summed E-state index contributed by atoms with van der Waals surface area (Å²) >= 11 is 10.8. The maximum absolute atomic E-state index is 11.8. The number of hydrogen-bond acceptors (Lipinski definition) is 19. The molecule has 22 nitrogen and oxygen atoms in total. The van der Waals surface area contributed by atoms with Crippen molar-refractivity contribution in [1.29, 1.82) is 0 Å². The van der Waals surface area contributed by atoms with Crippen molar-refractivity contribution >= 4 is 109 Å². The molecule has 12 rings (SSSR count). The number of anilines is 10. The number of ketones is 1. The summed E-state index contributed by atoms with van der Waals surface area (Å²) in [5.74, 6) is 4.28. The molecule has 3 aromatic carbocycles. The van der Waals surface area contributed by atoms with Gasteiger partial charge in [-0.2, -0.15) is 28.8 Å². The summed E-state index contributed by atoms with van der Waals surface area (Å²) in [7, 11) is 0. The van der Waals surface area contributed by atoms with Crippen molar-refractivity contribution < 1.29 is 24.9 Å². The summed E-state index contributed by atoms with van der Waals surface area (Å²) in [6.07, 6.45) is 24.0. The number of allylic oxidation sites excluding steroid dienone is 2. The first kappa shape index (κ1) is 71.2. The summed E-state index contributed by atoms with van der Waals surface area (Å²) < 4.78 is 5.44. The molecule has 3 aliphatic rings. The number of hydrogen-bond donors (Lipinski definition) is 9. The molecule has 0 amide bonds. The molecular weight excluding hydrogens is 1230 g/mol. The number of fused-ring (bicyclic) bond motifs is 3. The lowest BCUT2D eigenvalue weighted by Gasteiger charge is -2.36. The minimum atomic E-state index is -0.509. The Balaban J connectivity index is 0.000000166. The number of nitrogen functional groups attached to an aromatic ring is 2. The standard InChI is InChI=1S/C25H31N5O2.C21H28N6O.C14H14ClN5.C7H15NO.C3H3ClO/c1-3-19-17-26-30-24(27-20-9-7-8-18(14-20)15-22(32)4-2)16-23(28-25(19)30)29-12-6-5-10-21(29)11-13-31;1-2-15-14-23-27-20(24-17-7-5-6-16(22)12-17)13-19(25-21(15)27)26-10-4-3-8-18(26)9-11-28;1-2-9-8-17-20-13(7-12(15)19-14(9)20)18-11-5-3-4-10(16)6-11;9-6-4-7-3-1-2-5-8-7;1-2-3(4)5/h4,7-9,14,16-17,21,27,31H,2-3,5-6,10-13,15H2,1H3;5-7,12-14,18,24,28H,2-4,8-11,22H2,1H3;3-8,18H,2,16H2,1H3;7-9H,1-6H2;2H,1H2/t21-;18-;;7-;/m00.0./s1. The van der Waals surface area contributed by atoms with Crippen LogP contribution < -0.4 is 42.5 Å². The average molecular weight is 1320 g/mol. The van der Waals surface area contributed by atoms with Gasteiger partial charge in [-0.15, -0.1) is 0 Å². The van der Waals surface area contributed by atoms with Crippen molar-refractivity contribution in [2.45, 2.75) is 142 Å². The molecule has 9 aromatic rings. The number of nitrogens with zero attached hydrogens (tertiary/aromatic N) is 11. The molecule has 0 spiro atoms. The molecule has 6 aromatic heterocycles. The predicted octanol–water partition coefficient (Wildman–Crippen LogP) is 12.2. The van der Waals surface area contributed by atoms with Crippen molar-refractivity contribution in [1.82, 2.24) is 49.1 Å². The predicted molar refractivity (Wildman–Crippen MR) is 381 cm³/mol. The molecule has 11 N–H and O–H groups in total. The molecule has 3 saturated heterocycles. The van der Waals surface area contributed by atoms with Gasteiger partial charge in [0.15, 0.2) is 22.7 Å². The van der Waals surface area contributed by atoms with Gasteiger partial charge in [-0.3, -0.25) is 9.59 Å². The number of rotatable bonds is 21. The summed E-state index contributed by atoms with van der Waals surface area (Å²) in [6, 6.07) is 30.1. The number of nitrogens with two attached hydrogens (primary N) is 2. The molecule has 0 bridgehead atoms. The highest BCUT2D eigenvalue weighted by Gasteiger charge is 2.27. The maximum atomic E-state index is 11.8. The van der Waals surface area contributed by atoms with Gasteiger partial charge in [0, 0.05) is 121 Å². The topological polar surface area (TPSA) is 292 Å². The van der Waals surface area contributed by atoms with Gasteiger partial charge in [-0.1, -0.05) is 76.2 Å². The Morgan fingerprint density at radius 2 is 1.02 bits per heavy atom. The van der Waals surface area contributed by atoms with E-state index in [9.17, 15) is 19.8 Å². The number of nitrogens with one attached hydrogen (secondary N) is 4. The van der Waals surface area contributed by atoms with Gasteiger partial charge >= 0.3 is 0 Å². The lowest BCUT2D eigenvalue weighted by Crippen LogP contribution is -2.40. The van der Waals surface area contributed by atoms with Crippen LogP contribution in [0.25, 0.3) is 16.9 Å². The summed E-state index contributed by atoms with van der Waals surface area (Å²) in [6.45, 7) is 16.7. The van der Waals surface area contributed by atoms with E-state index in [0.29, 0.717) is 41.6 Å². The van der Waals surface area contributed by atoms with E-state index >= 15 is 0 Å². The zero-order chi connectivity index (χ0) is 66.9. The SMILES string of the molecule is C=CC(=O)Cc1cccc(Nc2cc(N3CCCC[C@H]3CCO)nc3c(CC)cnn23)c1.C=CC(=O)Cl.CCc1cnn2c(Nc3cccc(N)c3)cc(Cl)nc12.CCc1cnn2c(Nc3cccc(N)c3)cc(N3CCCC[C@H]3CCO)nc12.OCC[C@@H]1CCCCN1. The van der Waals surface area contributed by atoms with E-state index in [4.69, 9.17) is 49.7 Å². The Morgan fingerprint density at radius 3 is 1.44 bits per heavy atom. The number of aryl methyl sites for hydroxylation is 3. The molecule has 0 saturated carbocycles. The number of aromatic nitrogens is 9. The number of benzene rings is 3. The zero-order valence-electron chi connectivity index (χ0n) is 54.2. The third-order valence-corrected chi connectivity index (χ3v) is 17.0. The summed E-state index contributed by atoms with van der Waals surface area (Å²) in [5.41, 5.74) is 22.5. The Morgan fingerprint density at radius 1 is 0.585 bits per heavy atom. The number of halogens is 2. The van der Waals surface area contributed by atoms with Gasteiger partial charge in [0.25, 0.3) is 0 Å². The highest BCUT2D eigenvalue weighted by Crippen LogP contribution is 2.33. The number of aliphatic hydroxyl groups is 3. The van der Waals surface area contributed by atoms with Gasteiger partial charge < -0.3 is 57.9 Å². The summed E-state index contributed by atoms with van der Waals surface area (Å²) in [4.78, 5) is 40.2. The third kappa shape index (κ3) is 19.7. The fourth-order valence-corrected chi connectivity index (χ4v) is 12.0. The van der Waals surface area contributed by atoms with E-state index in [1.165, 1.54) is 38.2 Å². The van der Waals surface area contributed by atoms with Crippen LogP contribution in [-0.4, -0.2) is 128 Å². The molecule has 0 unspecified atom stereocenters. The van der Waals surface area contributed by atoms with E-state index in [1.807, 2.05) is 106 Å². The van der Waals surface area contributed by atoms with E-state index < -0.39 is 5.24 Å². The van der Waals surface area contributed by atoms with Gasteiger partial charge in [-0.05, 0) is 174 Å². The second kappa shape index (κ2) is 36.1. The van der Waals surface area contributed by atoms with Crippen LogP contribution in [0.1, 0.15) is 120 Å². The van der Waals surface area contributed by atoms with Crippen LogP contribution in [0.2, 0.25) is 5.15 Å². The van der Waals surface area contributed by atoms with E-state index in [1.54, 1.807) is 10.6 Å². The second-order valence-corrected chi connectivity index (χ2v) is 24.1. The van der Waals surface area contributed by atoms with Crippen LogP contribution in [0.3, 0.4) is 0 Å². The number of carbonyl (C=O) groups excluding carboxylic acids is 2. The van der Waals surface area contributed by atoms with E-state index in [2.05, 4.69) is 91.3 Å². The van der Waals surface area contributed by atoms with Crippen LogP contribution in [0, 0.1) is 0 Å².